The quantitative estimate of drug-likeness (QED) is 0.864. The van der Waals surface area contributed by atoms with Crippen molar-refractivity contribution < 1.29 is 17.2 Å². The molecule has 0 saturated heterocycles. The second kappa shape index (κ2) is 4.62. The van der Waals surface area contributed by atoms with E-state index in [-0.39, 0.29) is 4.47 Å². The van der Waals surface area contributed by atoms with Crippen molar-refractivity contribution in [3.05, 3.63) is 28.2 Å². The van der Waals surface area contributed by atoms with Crippen molar-refractivity contribution >= 4 is 26.0 Å². The van der Waals surface area contributed by atoms with Gasteiger partial charge in [-0.2, -0.15) is 0 Å². The molecule has 0 amide bonds. The molecule has 7 heteroatoms. The smallest absolute Gasteiger partial charge is 0.211 e. The molecule has 2 rings (SSSR count). The second-order valence-corrected chi connectivity index (χ2v) is 6.58. The first-order chi connectivity index (χ1) is 7.90. The number of hydrogen-bond donors (Lipinski definition) is 1. The van der Waals surface area contributed by atoms with E-state index in [0.717, 1.165) is 18.9 Å². The molecule has 94 valence electrons. The molecule has 1 fully saturated rings. The molecule has 0 unspecified atom stereocenters. The monoisotopic (exact) mass is 325 g/mol. The summed E-state index contributed by atoms with van der Waals surface area (Å²) >= 11 is 2.83. The van der Waals surface area contributed by atoms with Crippen LogP contribution in [0.2, 0.25) is 0 Å². The van der Waals surface area contributed by atoms with Crippen LogP contribution in [0.3, 0.4) is 0 Å². The van der Waals surface area contributed by atoms with Crippen LogP contribution in [0.25, 0.3) is 0 Å². The molecule has 1 aliphatic rings. The van der Waals surface area contributed by atoms with Crippen LogP contribution in [0.15, 0.2) is 21.5 Å². The normalized spacial score (nSPS) is 16.2. The van der Waals surface area contributed by atoms with E-state index in [0.29, 0.717) is 18.5 Å². The summed E-state index contributed by atoms with van der Waals surface area (Å²) in [6.07, 6.45) is 1.97. The van der Waals surface area contributed by atoms with Gasteiger partial charge in [-0.05, 0) is 40.8 Å². The summed E-state index contributed by atoms with van der Waals surface area (Å²) in [5.41, 5.74) is 0. The van der Waals surface area contributed by atoms with Crippen molar-refractivity contribution in [1.29, 1.82) is 0 Å². The van der Waals surface area contributed by atoms with Crippen molar-refractivity contribution in [2.45, 2.75) is 17.7 Å². The summed E-state index contributed by atoms with van der Waals surface area (Å²) in [5, 5.41) is 0. The van der Waals surface area contributed by atoms with Crippen LogP contribution in [0.4, 0.5) is 8.78 Å². The minimum atomic E-state index is -3.91. The van der Waals surface area contributed by atoms with Gasteiger partial charge >= 0.3 is 0 Å². The van der Waals surface area contributed by atoms with Crippen LogP contribution in [-0.2, 0) is 10.0 Å². The number of sulfonamides is 1. The van der Waals surface area contributed by atoms with Crippen LogP contribution in [0.5, 0.6) is 0 Å². The Hall–Kier alpha value is -0.530. The van der Waals surface area contributed by atoms with Crippen molar-refractivity contribution in [2.24, 2.45) is 5.92 Å². The zero-order valence-electron chi connectivity index (χ0n) is 8.71. The van der Waals surface area contributed by atoms with Crippen molar-refractivity contribution in [1.82, 2.24) is 4.72 Å². The zero-order chi connectivity index (χ0) is 12.6. The minimum absolute atomic E-state index is 0.0781. The second-order valence-electron chi connectivity index (χ2n) is 3.99. The lowest BCUT2D eigenvalue weighted by atomic mass is 10.3. The van der Waals surface area contributed by atoms with Crippen molar-refractivity contribution in [3.8, 4) is 0 Å². The van der Waals surface area contributed by atoms with Crippen LogP contribution in [0.1, 0.15) is 12.8 Å². The summed E-state index contributed by atoms with van der Waals surface area (Å²) in [6.45, 7) is 0.302. The lowest BCUT2D eigenvalue weighted by Crippen LogP contribution is -2.26. The van der Waals surface area contributed by atoms with Crippen molar-refractivity contribution in [3.63, 3.8) is 0 Å². The molecule has 0 heterocycles. The molecule has 1 aromatic rings. The lowest BCUT2D eigenvalue weighted by molar-refractivity contribution is 0.539. The van der Waals surface area contributed by atoms with Gasteiger partial charge in [-0.1, -0.05) is 0 Å². The fourth-order valence-corrected chi connectivity index (χ4v) is 3.03. The number of benzene rings is 1. The van der Waals surface area contributed by atoms with E-state index in [9.17, 15) is 17.2 Å². The summed E-state index contributed by atoms with van der Waals surface area (Å²) in [7, 11) is -3.91. The molecule has 1 saturated carbocycles. The van der Waals surface area contributed by atoms with E-state index in [1.54, 1.807) is 0 Å². The molecule has 0 aliphatic heterocycles. The third-order valence-corrected chi connectivity index (χ3v) is 4.57. The van der Waals surface area contributed by atoms with E-state index in [1.807, 2.05) is 0 Å². The van der Waals surface area contributed by atoms with E-state index >= 15 is 0 Å². The number of nitrogens with one attached hydrogen (secondary N) is 1. The van der Waals surface area contributed by atoms with Crippen LogP contribution < -0.4 is 4.72 Å². The molecular weight excluding hydrogens is 316 g/mol. The highest BCUT2D eigenvalue weighted by Crippen LogP contribution is 2.29. The van der Waals surface area contributed by atoms with Crippen LogP contribution >= 0.6 is 15.9 Å². The van der Waals surface area contributed by atoms with Gasteiger partial charge in [0.1, 0.15) is 16.5 Å². The van der Waals surface area contributed by atoms with E-state index in [2.05, 4.69) is 20.7 Å². The molecule has 0 aromatic heterocycles. The Labute approximate surface area is 106 Å². The molecule has 0 spiro atoms. The Bertz CT molecular complexity index is 543. The maximum atomic E-state index is 13.4. The van der Waals surface area contributed by atoms with E-state index in [1.165, 1.54) is 0 Å². The van der Waals surface area contributed by atoms with E-state index in [4.69, 9.17) is 0 Å². The van der Waals surface area contributed by atoms with Gasteiger partial charge in [-0.3, -0.25) is 0 Å². The predicted octanol–water partition coefficient (Wildman–Crippen LogP) is 2.42. The van der Waals surface area contributed by atoms with Gasteiger partial charge in [-0.15, -0.1) is 0 Å². The highest BCUT2D eigenvalue weighted by Gasteiger charge is 2.26. The zero-order valence-corrected chi connectivity index (χ0v) is 11.1. The largest absolute Gasteiger partial charge is 0.243 e. The fraction of sp³-hybridized carbons (Fsp3) is 0.400. The van der Waals surface area contributed by atoms with Gasteiger partial charge in [0.15, 0.2) is 0 Å². The lowest BCUT2D eigenvalue weighted by Gasteiger charge is -2.07. The molecular formula is C10H10BrF2NO2S. The maximum Gasteiger partial charge on any atom is 0.243 e. The molecule has 17 heavy (non-hydrogen) atoms. The topological polar surface area (TPSA) is 46.2 Å². The molecule has 3 nitrogen and oxygen atoms in total. The number of halogens is 3. The first-order valence-corrected chi connectivity index (χ1v) is 7.32. The first kappa shape index (κ1) is 12.9. The van der Waals surface area contributed by atoms with Gasteiger partial charge in [0, 0.05) is 12.6 Å². The summed E-state index contributed by atoms with van der Waals surface area (Å²) < 4.78 is 52.1. The van der Waals surface area contributed by atoms with Crippen LogP contribution in [0, 0.1) is 17.6 Å². The Morgan fingerprint density at radius 2 is 1.94 bits per heavy atom. The highest BCUT2D eigenvalue weighted by atomic mass is 79.9. The maximum absolute atomic E-state index is 13.4. The Morgan fingerprint density at radius 3 is 2.53 bits per heavy atom. The van der Waals surface area contributed by atoms with E-state index < -0.39 is 26.6 Å². The van der Waals surface area contributed by atoms with Crippen molar-refractivity contribution in [2.75, 3.05) is 6.54 Å². The highest BCUT2D eigenvalue weighted by molar-refractivity contribution is 9.10. The molecule has 0 radical (unpaired) electrons. The van der Waals surface area contributed by atoms with Gasteiger partial charge in [-0.25, -0.2) is 21.9 Å². The molecule has 1 N–H and O–H groups in total. The summed E-state index contributed by atoms with van der Waals surface area (Å²) in [6, 6.07) is 1.48. The molecule has 1 aliphatic carbocycles. The Morgan fingerprint density at radius 1 is 1.29 bits per heavy atom. The predicted molar refractivity (Wildman–Crippen MR) is 62.0 cm³/mol. The summed E-state index contributed by atoms with van der Waals surface area (Å²) in [4.78, 5) is -0.536. The Balaban J connectivity index is 2.27. The number of rotatable bonds is 4. The van der Waals surface area contributed by atoms with Gasteiger partial charge in [0.2, 0.25) is 10.0 Å². The van der Waals surface area contributed by atoms with Gasteiger partial charge in [0.25, 0.3) is 0 Å². The number of hydrogen-bond acceptors (Lipinski definition) is 2. The van der Waals surface area contributed by atoms with Gasteiger partial charge < -0.3 is 0 Å². The van der Waals surface area contributed by atoms with Crippen LogP contribution in [-0.4, -0.2) is 15.0 Å². The standard InChI is InChI=1S/C10H10BrF2NO2S/c11-7-3-10(9(13)4-8(7)12)17(15,16)14-5-6-1-2-6/h3-4,6,14H,1-2,5H2. The van der Waals surface area contributed by atoms with Gasteiger partial charge in [0.05, 0.1) is 4.47 Å². The average Bonchev–Trinajstić information content (AvgIpc) is 3.04. The Kier molecular flexibility index (Phi) is 3.51. The summed E-state index contributed by atoms with van der Waals surface area (Å²) in [5.74, 6) is -1.57. The first-order valence-electron chi connectivity index (χ1n) is 5.04. The minimum Gasteiger partial charge on any atom is -0.211 e. The molecule has 1 aromatic carbocycles. The fourth-order valence-electron chi connectivity index (χ4n) is 1.34. The third-order valence-electron chi connectivity index (χ3n) is 2.52. The molecule has 0 bridgehead atoms. The SMILES string of the molecule is O=S(=O)(NCC1CC1)c1cc(Br)c(F)cc1F. The third kappa shape index (κ3) is 3.02. The molecule has 0 atom stereocenters. The average molecular weight is 326 g/mol.